The first-order valence-electron chi connectivity index (χ1n) is 34.8. The Morgan fingerprint density at radius 2 is 1.00 bits per heavy atom. The summed E-state index contributed by atoms with van der Waals surface area (Å²) in [5.41, 5.74) is 0.125. The maximum Gasteiger partial charge on any atom is 0.308 e. The lowest BCUT2D eigenvalue weighted by Crippen LogP contribution is -2.53. The zero-order valence-corrected chi connectivity index (χ0v) is 61.7. The highest BCUT2D eigenvalue weighted by Gasteiger charge is 2.41. The van der Waals surface area contributed by atoms with Crippen LogP contribution in [0.2, 0.25) is 0 Å². The number of benzene rings is 4. The van der Waals surface area contributed by atoms with Gasteiger partial charge in [-0.1, -0.05) is 205 Å². The van der Waals surface area contributed by atoms with E-state index >= 15 is 9.59 Å². The largest absolute Gasteiger partial charge is 0.481 e. The lowest BCUT2D eigenvalue weighted by Gasteiger charge is -2.37. The van der Waals surface area contributed by atoms with Crippen molar-refractivity contribution in [2.45, 2.75) is 170 Å². The summed E-state index contributed by atoms with van der Waals surface area (Å²) >= 11 is 0. The molecule has 21 nitrogen and oxygen atoms in total. The highest BCUT2D eigenvalue weighted by atomic mass is 33.1. The average Bonchev–Trinajstić information content (AvgIpc) is 0.755. The summed E-state index contributed by atoms with van der Waals surface area (Å²) < 4.78 is 16.9. The van der Waals surface area contributed by atoms with Gasteiger partial charge in [-0.05, 0) is 80.0 Å². The molecule has 0 aromatic heterocycles. The van der Waals surface area contributed by atoms with Crippen molar-refractivity contribution in [3.63, 3.8) is 0 Å². The molecule has 4 rings (SSSR count). The second-order valence-electron chi connectivity index (χ2n) is 27.4. The summed E-state index contributed by atoms with van der Waals surface area (Å²) in [7, 11) is 3.33. The number of nitrogens with one attached hydrogen (secondary N) is 5. The van der Waals surface area contributed by atoms with Crippen LogP contribution >= 0.6 is 21.6 Å². The number of esters is 1. The van der Waals surface area contributed by atoms with Crippen LogP contribution in [0, 0.1) is 47.3 Å². The number of aliphatic carboxylic acids is 1. The van der Waals surface area contributed by atoms with Crippen molar-refractivity contribution in [1.82, 2.24) is 26.6 Å². The molecule has 4 aromatic carbocycles. The van der Waals surface area contributed by atoms with Crippen LogP contribution in [-0.2, 0) is 78.9 Å². The first kappa shape index (κ1) is 84.8. The number of aliphatic hydroxyl groups is 1. The van der Waals surface area contributed by atoms with Gasteiger partial charge in [0.1, 0.15) is 17.7 Å². The van der Waals surface area contributed by atoms with Gasteiger partial charge in [0.15, 0.2) is 23.1 Å². The SMILES string of the molecule is CCSSC[C@H](C)C(=O)NCCOCCOCC(=O)C[C@H](C(=O)N[C@@H](CC(=O)NC(c1ccccc1)(c1ccccc1)c1ccccc1)C(=O)C[C@@H](CO)C(=O)N[C@@H](CC(=O)OC(C)(C)C)C(=O)C[C@@H](Cc1ccccc1)C(=O)N[C@@H](CC(C)C)C(=O)C[C@@H](CC(C)C)C(=O)O)C(C)CC. The Balaban J connectivity index is 1.69. The number of carboxylic acids is 1. The fraction of sp³-hybridized carbons (Fsp3) is 0.545. The van der Waals surface area contributed by atoms with E-state index in [1.54, 1.807) is 79.6 Å². The Morgan fingerprint density at radius 1 is 0.520 bits per heavy atom. The van der Waals surface area contributed by atoms with Crippen molar-refractivity contribution in [3.05, 3.63) is 144 Å². The van der Waals surface area contributed by atoms with Gasteiger partial charge >= 0.3 is 11.9 Å². The molecular formula is C77H107N5O16S2. The molecule has 0 aliphatic heterocycles. The Hall–Kier alpha value is -7.57. The third kappa shape index (κ3) is 29.6. The fourth-order valence-electron chi connectivity index (χ4n) is 11.5. The predicted octanol–water partition coefficient (Wildman–Crippen LogP) is 9.62. The predicted molar refractivity (Wildman–Crippen MR) is 388 cm³/mol. The molecule has 0 saturated carbocycles. The lowest BCUT2D eigenvalue weighted by molar-refractivity contribution is -0.156. The first-order chi connectivity index (χ1) is 47.5. The molecule has 100 heavy (non-hydrogen) atoms. The fourth-order valence-corrected chi connectivity index (χ4v) is 13.6. The lowest BCUT2D eigenvalue weighted by atomic mass is 9.76. The van der Waals surface area contributed by atoms with Gasteiger partial charge in [-0.15, -0.1) is 0 Å². The molecular weight excluding hydrogens is 1310 g/mol. The zero-order valence-electron chi connectivity index (χ0n) is 60.1. The van der Waals surface area contributed by atoms with E-state index in [4.69, 9.17) is 14.2 Å². The number of carbonyl (C=O) groups excluding carboxylic acids is 10. The summed E-state index contributed by atoms with van der Waals surface area (Å²) in [4.78, 5) is 156. The van der Waals surface area contributed by atoms with E-state index in [1.807, 2.05) is 139 Å². The topological polar surface area (TPSA) is 316 Å². The number of hydrogen-bond donors (Lipinski definition) is 7. The molecule has 0 radical (unpaired) electrons. The minimum absolute atomic E-state index is 0.0326. The number of aliphatic hydroxyl groups excluding tert-OH is 1. The molecule has 9 atom stereocenters. The van der Waals surface area contributed by atoms with E-state index in [-0.39, 0.29) is 88.7 Å². The monoisotopic (exact) mass is 1420 g/mol. The third-order valence-electron chi connectivity index (χ3n) is 16.9. The molecule has 0 fully saturated rings. The maximum atomic E-state index is 15.2. The average molecular weight is 1420 g/mol. The van der Waals surface area contributed by atoms with Gasteiger partial charge in [0.05, 0.1) is 69.2 Å². The van der Waals surface area contributed by atoms with Crippen LogP contribution < -0.4 is 26.6 Å². The van der Waals surface area contributed by atoms with Crippen LogP contribution in [0.15, 0.2) is 121 Å². The highest BCUT2D eigenvalue weighted by Crippen LogP contribution is 2.37. The summed E-state index contributed by atoms with van der Waals surface area (Å²) in [5, 5.41) is 35.3. The Bertz CT molecular complexity index is 3150. The second-order valence-corrected chi connectivity index (χ2v) is 30.2. The standard InChI is InChI=1S/C77H107N5O16S2/c1-12-52(7)62(44-61(84)48-97-37-36-96-35-34-78-71(90)53(8)49-100-99-13-2)74(93)81-64(45-69(88)82-77(58-28-20-15-21-29-58,59-30-22-16-23-31-59)60-32-24-17-25-33-60)68(87)43-57(47-83)73(92)80-65(46-70(89)98-76(9,10)11)66(85)41-55(40-54-26-18-14-19-27-54)72(91)79-63(39-51(5)6)67(86)42-56(75(94)95)38-50(3)4/h14-33,50-53,55-57,62-65,83H,12-13,34-49H2,1-11H3,(H,78,90)(H,79,91)(H,80,92)(H,81,93)(H,82,88)(H,94,95)/t52?,53-,55+,56+,57-,62-,63-,64-,65-/m0/s1. The van der Waals surface area contributed by atoms with Gasteiger partial charge in [0, 0.05) is 61.5 Å². The molecule has 0 heterocycles. The number of hydrogen-bond acceptors (Lipinski definition) is 17. The van der Waals surface area contributed by atoms with Gasteiger partial charge < -0.3 is 51.0 Å². The minimum Gasteiger partial charge on any atom is -0.481 e. The van der Waals surface area contributed by atoms with Crippen LogP contribution in [0.3, 0.4) is 0 Å². The van der Waals surface area contributed by atoms with E-state index in [0.717, 1.165) is 5.75 Å². The summed E-state index contributed by atoms with van der Waals surface area (Å²) in [6, 6.07) is 31.6. The second kappa shape index (κ2) is 43.9. The Kier molecular flexibility index (Phi) is 37.3. The number of rotatable bonds is 48. The van der Waals surface area contributed by atoms with Crippen molar-refractivity contribution < 1.29 is 77.2 Å². The van der Waals surface area contributed by atoms with Crippen molar-refractivity contribution in [2.75, 3.05) is 51.1 Å². The van der Waals surface area contributed by atoms with Gasteiger partial charge in [-0.2, -0.15) is 0 Å². The van der Waals surface area contributed by atoms with E-state index < -0.39 is 150 Å². The molecule has 1 unspecified atom stereocenters. The number of ketones is 4. The smallest absolute Gasteiger partial charge is 0.308 e. The third-order valence-corrected chi connectivity index (χ3v) is 19.6. The molecule has 0 aliphatic carbocycles. The number of carbonyl (C=O) groups is 11. The van der Waals surface area contributed by atoms with Crippen LogP contribution in [0.5, 0.6) is 0 Å². The molecule has 5 amide bonds. The summed E-state index contributed by atoms with van der Waals surface area (Å²) in [6.45, 7) is 18.9. The molecule has 4 aromatic rings. The van der Waals surface area contributed by atoms with Gasteiger partial charge in [-0.3, -0.25) is 52.7 Å². The Labute approximate surface area is 598 Å². The van der Waals surface area contributed by atoms with Gasteiger partial charge in [-0.25, -0.2) is 0 Å². The van der Waals surface area contributed by atoms with E-state index in [9.17, 15) is 53.4 Å². The number of Topliss-reactive ketones (excluding diaryl/α,β-unsaturated/α-hetero) is 4. The number of carboxylic acid groups (broad SMARTS) is 1. The van der Waals surface area contributed by atoms with E-state index in [1.165, 1.54) is 0 Å². The quantitative estimate of drug-likeness (QED) is 0.00936. The molecule has 0 saturated heterocycles. The number of ether oxygens (including phenoxy) is 3. The zero-order chi connectivity index (χ0) is 74.0. The van der Waals surface area contributed by atoms with E-state index in [2.05, 4.69) is 26.6 Å². The molecule has 23 heteroatoms. The number of amides is 5. The maximum absolute atomic E-state index is 15.2. The van der Waals surface area contributed by atoms with Gasteiger partial charge in [0.2, 0.25) is 29.5 Å². The van der Waals surface area contributed by atoms with Crippen LogP contribution in [0.4, 0.5) is 0 Å². The molecule has 0 aliphatic rings. The summed E-state index contributed by atoms with van der Waals surface area (Å²) in [5.74, 6) is -12.2. The van der Waals surface area contributed by atoms with Crippen LogP contribution in [0.25, 0.3) is 0 Å². The molecule has 7 N–H and O–H groups in total. The van der Waals surface area contributed by atoms with E-state index in [0.29, 0.717) is 34.4 Å². The first-order valence-corrected chi connectivity index (χ1v) is 37.3. The Morgan fingerprint density at radius 3 is 1.51 bits per heavy atom. The molecule has 0 spiro atoms. The normalized spacial score (nSPS) is 14.4. The van der Waals surface area contributed by atoms with Crippen molar-refractivity contribution in [3.8, 4) is 0 Å². The summed E-state index contributed by atoms with van der Waals surface area (Å²) in [6.07, 6.45) is -2.83. The van der Waals surface area contributed by atoms with Gasteiger partial charge in [0.25, 0.3) is 0 Å². The molecule has 0 bridgehead atoms. The highest BCUT2D eigenvalue weighted by molar-refractivity contribution is 8.76. The van der Waals surface area contributed by atoms with Crippen molar-refractivity contribution >= 4 is 86.2 Å². The van der Waals surface area contributed by atoms with Crippen LogP contribution in [0.1, 0.15) is 156 Å². The van der Waals surface area contributed by atoms with Crippen molar-refractivity contribution in [1.29, 1.82) is 0 Å². The molecule has 548 valence electrons. The van der Waals surface area contributed by atoms with Crippen molar-refractivity contribution in [2.24, 2.45) is 47.3 Å². The minimum atomic E-state index is -1.72. The van der Waals surface area contributed by atoms with Crippen LogP contribution in [-0.4, -0.2) is 150 Å².